The average molecular weight is 528 g/mol. The van der Waals surface area contributed by atoms with Crippen molar-refractivity contribution < 1.29 is 27.1 Å². The molecule has 0 saturated carbocycles. The summed E-state index contributed by atoms with van der Waals surface area (Å²) in [6.45, 7) is 2.69. The van der Waals surface area contributed by atoms with Crippen LogP contribution in [0.2, 0.25) is 0 Å². The Balaban J connectivity index is 1.53. The molecule has 1 saturated heterocycles. The number of carbonyl (C=O) groups is 1. The lowest BCUT2D eigenvalue weighted by Gasteiger charge is -2.23. The number of fused-ring (bicyclic) bond motifs is 2. The van der Waals surface area contributed by atoms with Crippen LogP contribution in [0.25, 0.3) is 22.1 Å². The number of nitrogens with zero attached hydrogens (tertiary/aromatic N) is 7. The molecule has 1 aliphatic heterocycles. The minimum Gasteiger partial charge on any atom is -0.383 e. The number of anilines is 1. The summed E-state index contributed by atoms with van der Waals surface area (Å²) in [6, 6.07) is 1.37. The van der Waals surface area contributed by atoms with Crippen LogP contribution in [-0.2, 0) is 16.6 Å². The lowest BCUT2D eigenvalue weighted by Crippen LogP contribution is -2.38. The smallest absolute Gasteiger partial charge is 0.383 e. The highest BCUT2D eigenvalue weighted by Gasteiger charge is 2.40. The Labute approximate surface area is 212 Å². The molecular weight excluding hydrogens is 508 g/mol. The predicted molar refractivity (Wildman–Crippen MR) is 128 cm³/mol. The van der Waals surface area contributed by atoms with Crippen molar-refractivity contribution in [3.8, 4) is 11.8 Å². The number of carbonyl (C=O) groups excluding carboxylic acids is 1. The Morgan fingerprint density at radius 3 is 2.82 bits per heavy atom. The second kappa shape index (κ2) is 9.42. The van der Waals surface area contributed by atoms with Crippen LogP contribution >= 0.6 is 0 Å². The number of amides is 1. The monoisotopic (exact) mass is 528 g/mol. The van der Waals surface area contributed by atoms with Gasteiger partial charge in [-0.25, -0.2) is 24.0 Å². The molecule has 0 aliphatic carbocycles. The van der Waals surface area contributed by atoms with Crippen molar-refractivity contribution in [2.45, 2.75) is 24.9 Å². The number of benzene rings is 1. The highest BCUT2D eigenvalue weighted by Crippen LogP contribution is 2.33. The molecule has 4 aromatic rings. The Hall–Kier alpha value is -4.51. The zero-order valence-electron chi connectivity index (χ0n) is 19.9. The third-order valence-electron chi connectivity index (χ3n) is 6.28. The molecule has 2 N–H and O–H groups in total. The average Bonchev–Trinajstić information content (AvgIpc) is 3.56. The summed E-state index contributed by atoms with van der Waals surface area (Å²) in [5.74, 6) is 4.54. The van der Waals surface area contributed by atoms with Gasteiger partial charge in [-0.05, 0) is 24.5 Å². The zero-order chi connectivity index (χ0) is 27.2. The fourth-order valence-corrected chi connectivity index (χ4v) is 4.51. The standard InChI is InChI=1S/C24H20F4N8O2/c1-3-20(37)35-9-14(7-15(35)10-38-24(26,27)28)36-23-21(22(29)30-11-31-23)17(33-36)5-4-13-6-18-19(8-16(13)25)34(2)12-32-18/h3,6,8,11-12,14-15H,1,7,9-10H2,2H3,(H2,29,30,31)/t14-,15+/m0/s1. The van der Waals surface area contributed by atoms with Gasteiger partial charge in [0.2, 0.25) is 5.91 Å². The number of likely N-dealkylation sites (tertiary alicyclic amines) is 1. The van der Waals surface area contributed by atoms with Crippen LogP contribution in [-0.4, -0.2) is 65.7 Å². The number of nitrogens with two attached hydrogens (primary N) is 1. The number of nitrogen functional groups attached to an aromatic ring is 1. The molecular formula is C24H20F4N8O2. The van der Waals surface area contributed by atoms with Crippen LogP contribution in [0.15, 0.2) is 37.4 Å². The van der Waals surface area contributed by atoms with Crippen LogP contribution in [0.3, 0.4) is 0 Å². The van der Waals surface area contributed by atoms with Crippen molar-refractivity contribution in [3.63, 3.8) is 0 Å². The van der Waals surface area contributed by atoms with E-state index >= 15 is 0 Å². The number of ether oxygens (including phenoxy) is 1. The minimum atomic E-state index is -4.85. The number of alkyl halides is 3. The van der Waals surface area contributed by atoms with Gasteiger partial charge in [0.05, 0.1) is 47.0 Å². The SMILES string of the molecule is C=CC(=O)N1C[C@@H](n2nc(C#Cc3cc4ncn(C)c4cc3F)c3c(N)ncnc32)C[C@@H]1COC(F)(F)F. The summed E-state index contributed by atoms with van der Waals surface area (Å²) in [5.41, 5.74) is 7.75. The summed E-state index contributed by atoms with van der Waals surface area (Å²) in [5, 5.41) is 4.80. The van der Waals surface area contributed by atoms with E-state index in [1.165, 1.54) is 28.0 Å². The molecule has 1 amide bonds. The molecule has 0 bridgehead atoms. The van der Waals surface area contributed by atoms with Gasteiger partial charge in [-0.3, -0.25) is 9.53 Å². The largest absolute Gasteiger partial charge is 0.522 e. The molecule has 1 aliphatic rings. The minimum absolute atomic E-state index is 0.0231. The van der Waals surface area contributed by atoms with Crippen molar-refractivity contribution in [2.75, 3.05) is 18.9 Å². The molecule has 5 rings (SSSR count). The molecule has 196 valence electrons. The molecule has 3 aromatic heterocycles. The topological polar surface area (TPSA) is 117 Å². The summed E-state index contributed by atoms with van der Waals surface area (Å²) < 4.78 is 59.9. The molecule has 0 radical (unpaired) electrons. The van der Waals surface area contributed by atoms with Crippen LogP contribution < -0.4 is 5.73 Å². The Morgan fingerprint density at radius 1 is 1.29 bits per heavy atom. The van der Waals surface area contributed by atoms with Crippen molar-refractivity contribution in [1.29, 1.82) is 0 Å². The van der Waals surface area contributed by atoms with Crippen molar-refractivity contribution >= 4 is 33.8 Å². The van der Waals surface area contributed by atoms with Gasteiger partial charge in [0.1, 0.15) is 23.7 Å². The number of rotatable bonds is 4. The number of halogens is 4. The molecule has 10 nitrogen and oxygen atoms in total. The highest BCUT2D eigenvalue weighted by molar-refractivity contribution is 5.91. The van der Waals surface area contributed by atoms with Crippen LogP contribution in [0.1, 0.15) is 23.7 Å². The van der Waals surface area contributed by atoms with Gasteiger partial charge in [0.15, 0.2) is 5.65 Å². The maximum absolute atomic E-state index is 14.7. The van der Waals surface area contributed by atoms with E-state index in [0.29, 0.717) is 16.4 Å². The molecule has 2 atom stereocenters. The zero-order valence-corrected chi connectivity index (χ0v) is 19.9. The van der Waals surface area contributed by atoms with E-state index in [9.17, 15) is 22.4 Å². The van der Waals surface area contributed by atoms with E-state index in [4.69, 9.17) is 5.73 Å². The first-order chi connectivity index (χ1) is 18.1. The molecule has 38 heavy (non-hydrogen) atoms. The van der Waals surface area contributed by atoms with Crippen LogP contribution in [0.5, 0.6) is 0 Å². The van der Waals surface area contributed by atoms with E-state index in [2.05, 4.69) is 43.2 Å². The third kappa shape index (κ3) is 4.63. The quantitative estimate of drug-likeness (QED) is 0.246. The molecule has 0 unspecified atom stereocenters. The van der Waals surface area contributed by atoms with E-state index in [0.717, 1.165) is 6.08 Å². The second-order valence-corrected chi connectivity index (χ2v) is 8.67. The number of hydrogen-bond donors (Lipinski definition) is 1. The maximum Gasteiger partial charge on any atom is 0.522 e. The van der Waals surface area contributed by atoms with Gasteiger partial charge >= 0.3 is 6.36 Å². The molecule has 14 heteroatoms. The number of imidazole rings is 1. The summed E-state index contributed by atoms with van der Waals surface area (Å²) >= 11 is 0. The van der Waals surface area contributed by atoms with Gasteiger partial charge in [0, 0.05) is 19.7 Å². The second-order valence-electron chi connectivity index (χ2n) is 8.67. The first-order valence-corrected chi connectivity index (χ1v) is 11.3. The lowest BCUT2D eigenvalue weighted by atomic mass is 10.1. The van der Waals surface area contributed by atoms with E-state index in [1.807, 2.05) is 0 Å². The fraction of sp³-hybridized carbons (Fsp3) is 0.292. The van der Waals surface area contributed by atoms with Crippen molar-refractivity contribution in [3.05, 3.63) is 54.5 Å². The highest BCUT2D eigenvalue weighted by atomic mass is 19.4. The maximum atomic E-state index is 14.7. The van der Waals surface area contributed by atoms with Gasteiger partial charge in [-0.15, -0.1) is 13.2 Å². The molecule has 0 spiro atoms. The summed E-state index contributed by atoms with van der Waals surface area (Å²) in [4.78, 5) is 26.0. The Kier molecular flexibility index (Phi) is 6.23. The molecule has 4 heterocycles. The lowest BCUT2D eigenvalue weighted by molar-refractivity contribution is -0.327. The van der Waals surface area contributed by atoms with E-state index in [-0.39, 0.29) is 35.7 Å². The van der Waals surface area contributed by atoms with E-state index < -0.39 is 36.8 Å². The number of hydrogen-bond acceptors (Lipinski definition) is 7. The number of aryl methyl sites for hydroxylation is 1. The van der Waals surface area contributed by atoms with E-state index in [1.54, 1.807) is 17.9 Å². The van der Waals surface area contributed by atoms with Gasteiger partial charge < -0.3 is 15.2 Å². The van der Waals surface area contributed by atoms with Crippen molar-refractivity contribution in [1.82, 2.24) is 34.2 Å². The van der Waals surface area contributed by atoms with Gasteiger partial charge in [-0.1, -0.05) is 12.5 Å². The van der Waals surface area contributed by atoms with Gasteiger partial charge in [-0.2, -0.15) is 5.10 Å². The third-order valence-corrected chi connectivity index (χ3v) is 6.28. The normalized spacial score (nSPS) is 17.7. The fourth-order valence-electron chi connectivity index (χ4n) is 4.51. The molecule has 1 fully saturated rings. The summed E-state index contributed by atoms with van der Waals surface area (Å²) in [7, 11) is 1.74. The molecule has 1 aromatic carbocycles. The Morgan fingerprint density at radius 2 is 2.08 bits per heavy atom. The first-order valence-electron chi connectivity index (χ1n) is 11.3. The first kappa shape index (κ1) is 25.2. The van der Waals surface area contributed by atoms with Crippen molar-refractivity contribution in [2.24, 2.45) is 7.05 Å². The summed E-state index contributed by atoms with van der Waals surface area (Å²) in [6.07, 6.45) is -0.961. The predicted octanol–water partition coefficient (Wildman–Crippen LogP) is 2.70. The Bertz CT molecular complexity index is 1630. The number of aromatic nitrogens is 6. The van der Waals surface area contributed by atoms with Gasteiger partial charge in [0.25, 0.3) is 0 Å². The van der Waals surface area contributed by atoms with Crippen LogP contribution in [0, 0.1) is 17.7 Å². The van der Waals surface area contributed by atoms with Crippen LogP contribution in [0.4, 0.5) is 23.4 Å².